The van der Waals surface area contributed by atoms with E-state index in [9.17, 15) is 70.7 Å². The number of hydrogen-bond acceptors (Lipinski definition) is 2. The minimum Gasteiger partial charge on any atom is -0.286 e. The second-order valence-electron chi connectivity index (χ2n) is 4.04. The molecule has 0 fully saturated rings. The first-order valence-electron chi connectivity index (χ1n) is 5.04. The summed E-state index contributed by atoms with van der Waals surface area (Å²) in [6.45, 7) is 0. The van der Waals surface area contributed by atoms with E-state index in [1.54, 1.807) is 0 Å². The lowest BCUT2D eigenvalue weighted by molar-refractivity contribution is -0.474. The van der Waals surface area contributed by atoms with Gasteiger partial charge in [-0.2, -0.15) is 57.1 Å². The van der Waals surface area contributed by atoms with E-state index in [1.807, 2.05) is 0 Å². The van der Waals surface area contributed by atoms with Gasteiger partial charge in [-0.25, -0.2) is 8.78 Å². The highest BCUT2D eigenvalue weighted by Gasteiger charge is 2.81. The summed E-state index contributed by atoms with van der Waals surface area (Å²) in [5.74, 6) is -26.5. The van der Waals surface area contributed by atoms with E-state index in [1.165, 1.54) is 4.74 Å². The molecule has 0 spiro atoms. The van der Waals surface area contributed by atoms with Gasteiger partial charge in [-0.15, -0.1) is 0 Å². The molecule has 0 rings (SSSR count). The van der Waals surface area contributed by atoms with Crippen LogP contribution in [-0.2, 0) is 9.53 Å². The van der Waals surface area contributed by atoms with E-state index in [4.69, 9.17) is 0 Å². The summed E-state index contributed by atoms with van der Waals surface area (Å²) >= 11 is 0. The Labute approximate surface area is 125 Å². The van der Waals surface area contributed by atoms with Crippen LogP contribution in [0.4, 0.5) is 65.9 Å². The summed E-state index contributed by atoms with van der Waals surface area (Å²) < 4.78 is 185. The van der Waals surface area contributed by atoms with Crippen LogP contribution in [0.3, 0.4) is 0 Å². The maximum absolute atomic E-state index is 13.3. The number of carbonyl (C=O) groups is 1. The van der Waals surface area contributed by atoms with Gasteiger partial charge in [-0.05, 0) is 0 Å². The molecule has 25 heavy (non-hydrogen) atoms. The Morgan fingerprint density at radius 2 is 1.04 bits per heavy atom. The van der Waals surface area contributed by atoms with E-state index in [-0.39, 0.29) is 0 Å². The van der Waals surface area contributed by atoms with Crippen LogP contribution in [0.1, 0.15) is 0 Å². The highest BCUT2D eigenvalue weighted by atomic mass is 19.4. The van der Waals surface area contributed by atoms with Gasteiger partial charge in [-0.1, -0.05) is 0 Å². The molecular formula is C8HF15O2. The van der Waals surface area contributed by atoms with Gasteiger partial charge in [0, 0.05) is 0 Å². The minimum absolute atomic E-state index is 1.42. The lowest BCUT2D eigenvalue weighted by atomic mass is 10.1. The Hall–Kier alpha value is -1.42. The van der Waals surface area contributed by atoms with E-state index < -0.39 is 48.4 Å². The van der Waals surface area contributed by atoms with E-state index in [0.717, 1.165) is 0 Å². The van der Waals surface area contributed by atoms with Crippen molar-refractivity contribution in [2.24, 2.45) is 0 Å². The molecule has 0 aromatic rings. The van der Waals surface area contributed by atoms with E-state index >= 15 is 0 Å². The SMILES string of the molecule is O=C(C(F)(F)C(F)F)C(F)(OC(F)(F)C(F)(F)C(F)(F)F)C(F)(F)F. The molecule has 1 atom stereocenters. The Morgan fingerprint density at radius 3 is 1.28 bits per heavy atom. The second kappa shape index (κ2) is 6.08. The molecule has 0 heterocycles. The van der Waals surface area contributed by atoms with Gasteiger partial charge in [0.25, 0.3) is 5.78 Å². The van der Waals surface area contributed by atoms with Crippen molar-refractivity contribution in [1.29, 1.82) is 0 Å². The maximum Gasteiger partial charge on any atom is 0.462 e. The predicted octanol–water partition coefficient (Wildman–Crippen LogP) is 4.49. The highest BCUT2D eigenvalue weighted by Crippen LogP contribution is 2.52. The van der Waals surface area contributed by atoms with Crippen molar-refractivity contribution in [3.8, 4) is 0 Å². The first-order valence-corrected chi connectivity index (χ1v) is 5.04. The van der Waals surface area contributed by atoms with Gasteiger partial charge in [0.2, 0.25) is 0 Å². The lowest BCUT2D eigenvalue weighted by Gasteiger charge is -2.35. The average Bonchev–Trinajstić information content (AvgIpc) is 2.33. The van der Waals surface area contributed by atoms with Crippen LogP contribution in [0.2, 0.25) is 0 Å². The van der Waals surface area contributed by atoms with Crippen LogP contribution in [0.25, 0.3) is 0 Å². The number of rotatable bonds is 6. The van der Waals surface area contributed by atoms with Crippen molar-refractivity contribution in [2.75, 3.05) is 0 Å². The molecule has 2 nitrogen and oxygen atoms in total. The third kappa shape index (κ3) is 3.89. The summed E-state index contributed by atoms with van der Waals surface area (Å²) in [7, 11) is 0. The molecule has 1 unspecified atom stereocenters. The molecule has 0 aliphatic heterocycles. The smallest absolute Gasteiger partial charge is 0.286 e. The van der Waals surface area contributed by atoms with Crippen molar-refractivity contribution >= 4 is 5.78 Å². The summed E-state index contributed by atoms with van der Waals surface area (Å²) in [6, 6.07) is 0. The lowest BCUT2D eigenvalue weighted by Crippen LogP contribution is -2.64. The Bertz CT molecular complexity index is 503. The Balaban J connectivity index is 6.26. The van der Waals surface area contributed by atoms with Crippen LogP contribution < -0.4 is 0 Å². The minimum atomic E-state index is -7.62. The van der Waals surface area contributed by atoms with Crippen molar-refractivity contribution < 1.29 is 75.4 Å². The van der Waals surface area contributed by atoms with Gasteiger partial charge >= 0.3 is 42.6 Å². The third-order valence-electron chi connectivity index (χ3n) is 2.22. The van der Waals surface area contributed by atoms with Crippen LogP contribution in [-0.4, -0.2) is 48.4 Å². The van der Waals surface area contributed by atoms with Crippen molar-refractivity contribution in [1.82, 2.24) is 0 Å². The van der Waals surface area contributed by atoms with Gasteiger partial charge in [-0.3, -0.25) is 9.53 Å². The molecule has 0 amide bonds. The fraction of sp³-hybridized carbons (Fsp3) is 0.875. The molecule has 0 aromatic carbocycles. The zero-order chi connectivity index (χ0) is 20.9. The van der Waals surface area contributed by atoms with Gasteiger partial charge in [0.1, 0.15) is 0 Å². The van der Waals surface area contributed by atoms with Gasteiger partial charge in [0.15, 0.2) is 0 Å². The number of ketones is 1. The number of carbonyl (C=O) groups excluding carboxylic acids is 1. The largest absolute Gasteiger partial charge is 0.462 e. The van der Waals surface area contributed by atoms with Crippen LogP contribution >= 0.6 is 0 Å². The first kappa shape index (κ1) is 23.6. The predicted molar refractivity (Wildman–Crippen MR) is 42.9 cm³/mol. The number of alkyl halides is 15. The number of halogens is 15. The molecule has 17 heteroatoms. The average molecular weight is 414 g/mol. The first-order chi connectivity index (χ1) is 10.6. The van der Waals surface area contributed by atoms with Gasteiger partial charge < -0.3 is 0 Å². The summed E-state index contributed by atoms with van der Waals surface area (Å²) in [5, 5.41) is 0. The van der Waals surface area contributed by atoms with Crippen molar-refractivity contribution in [3.05, 3.63) is 0 Å². The summed E-state index contributed by atoms with van der Waals surface area (Å²) in [5.41, 5.74) is 0. The molecule has 0 aliphatic rings. The van der Waals surface area contributed by atoms with Crippen molar-refractivity contribution in [3.63, 3.8) is 0 Å². The maximum atomic E-state index is 13.3. The molecule has 0 aliphatic carbocycles. The molecule has 0 radical (unpaired) electrons. The highest BCUT2D eigenvalue weighted by molar-refractivity contribution is 5.93. The molecule has 150 valence electrons. The van der Waals surface area contributed by atoms with Gasteiger partial charge in [0.05, 0.1) is 0 Å². The molecule has 0 N–H and O–H groups in total. The zero-order valence-electron chi connectivity index (χ0n) is 10.6. The molecule has 0 saturated heterocycles. The third-order valence-corrected chi connectivity index (χ3v) is 2.22. The monoisotopic (exact) mass is 414 g/mol. The van der Waals surface area contributed by atoms with Crippen LogP contribution in [0.15, 0.2) is 0 Å². The quantitative estimate of drug-likeness (QED) is 0.599. The Kier molecular flexibility index (Phi) is 5.74. The molecular weight excluding hydrogens is 413 g/mol. The summed E-state index contributed by atoms with van der Waals surface area (Å²) in [6.07, 6.45) is -27.9. The molecule has 0 saturated carbocycles. The zero-order valence-corrected chi connectivity index (χ0v) is 10.6. The van der Waals surface area contributed by atoms with Crippen molar-refractivity contribution in [2.45, 2.75) is 42.6 Å². The second-order valence-corrected chi connectivity index (χ2v) is 4.04. The summed E-state index contributed by atoms with van der Waals surface area (Å²) in [4.78, 5) is 10.5. The van der Waals surface area contributed by atoms with Crippen LogP contribution in [0, 0.1) is 0 Å². The Morgan fingerprint density at radius 1 is 0.680 bits per heavy atom. The van der Waals surface area contributed by atoms with Crippen LogP contribution in [0.5, 0.6) is 0 Å². The molecule has 0 bridgehead atoms. The van der Waals surface area contributed by atoms with E-state index in [0.29, 0.717) is 0 Å². The number of hydrogen-bond donors (Lipinski definition) is 0. The fourth-order valence-corrected chi connectivity index (χ4v) is 0.952. The number of ether oxygens (including phenoxy) is 1. The fourth-order valence-electron chi connectivity index (χ4n) is 0.952. The topological polar surface area (TPSA) is 26.3 Å². The normalized spacial score (nSPS) is 17.6. The number of Topliss-reactive ketones (excluding diaryl/α,β-unsaturated/α-hetero) is 1. The molecule has 0 aromatic heterocycles. The standard InChI is InChI=1S/C8HF15O2/c9-2(10)3(11,12)1(24)4(13,6(16,17)18)25-8(22,23)5(14,15)7(19,20)21/h2H. The van der Waals surface area contributed by atoms with E-state index in [2.05, 4.69) is 0 Å².